The number of hydrogen-bond donors (Lipinski definition) is 2. The Bertz CT molecular complexity index is 520. The predicted molar refractivity (Wildman–Crippen MR) is 69.3 cm³/mol. The number of hydrogen-bond acceptors (Lipinski definition) is 2. The van der Waals surface area contributed by atoms with Gasteiger partial charge in [0.25, 0.3) is 0 Å². The minimum Gasteiger partial charge on any atom is -0.478 e. The van der Waals surface area contributed by atoms with E-state index in [1.807, 2.05) is 0 Å². The van der Waals surface area contributed by atoms with Crippen molar-refractivity contribution in [3.05, 3.63) is 29.6 Å². The molecule has 19 heavy (non-hydrogen) atoms. The van der Waals surface area contributed by atoms with E-state index in [1.165, 1.54) is 6.07 Å². The first-order valence-electron chi connectivity index (χ1n) is 5.80. The minimum absolute atomic E-state index is 0.250. The van der Waals surface area contributed by atoms with E-state index in [2.05, 4.69) is 11.2 Å². The van der Waals surface area contributed by atoms with Gasteiger partial charge in [-0.3, -0.25) is 4.79 Å². The number of carbonyl (C=O) groups is 2. The van der Waals surface area contributed by atoms with Gasteiger partial charge in [-0.1, -0.05) is 0 Å². The molecule has 1 amide bonds. The summed E-state index contributed by atoms with van der Waals surface area (Å²) in [6.07, 6.45) is 7.41. The van der Waals surface area contributed by atoms with Crippen molar-refractivity contribution in [2.24, 2.45) is 0 Å². The Morgan fingerprint density at radius 1 is 1.37 bits per heavy atom. The molecule has 0 atom stereocenters. The van der Waals surface area contributed by atoms with Crippen molar-refractivity contribution >= 4 is 17.6 Å². The SMILES string of the molecule is C#CCCCCC(=O)Nc1ccc(F)c(C(=O)O)c1. The van der Waals surface area contributed by atoms with Crippen molar-refractivity contribution in [1.29, 1.82) is 0 Å². The van der Waals surface area contributed by atoms with Gasteiger partial charge in [0.05, 0.1) is 5.56 Å². The second-order valence-corrected chi connectivity index (χ2v) is 3.96. The quantitative estimate of drug-likeness (QED) is 0.612. The zero-order chi connectivity index (χ0) is 14.3. The van der Waals surface area contributed by atoms with E-state index < -0.39 is 17.3 Å². The summed E-state index contributed by atoms with van der Waals surface area (Å²) in [6.45, 7) is 0. The molecule has 0 fully saturated rings. The van der Waals surface area contributed by atoms with Crippen LogP contribution in [0.4, 0.5) is 10.1 Å². The maximum absolute atomic E-state index is 13.1. The normalized spacial score (nSPS) is 9.68. The number of carboxylic acid groups (broad SMARTS) is 1. The topological polar surface area (TPSA) is 66.4 Å². The van der Waals surface area contributed by atoms with Crippen molar-refractivity contribution in [1.82, 2.24) is 0 Å². The van der Waals surface area contributed by atoms with Crippen molar-refractivity contribution in [2.75, 3.05) is 5.32 Å². The summed E-state index contributed by atoms with van der Waals surface area (Å²) >= 11 is 0. The fourth-order valence-corrected chi connectivity index (χ4v) is 1.50. The van der Waals surface area contributed by atoms with Gasteiger partial charge in [0.2, 0.25) is 5.91 Å². The van der Waals surface area contributed by atoms with Gasteiger partial charge in [0.15, 0.2) is 0 Å². The van der Waals surface area contributed by atoms with E-state index in [0.29, 0.717) is 19.3 Å². The summed E-state index contributed by atoms with van der Waals surface area (Å²) in [4.78, 5) is 22.3. The lowest BCUT2D eigenvalue weighted by molar-refractivity contribution is -0.116. The highest BCUT2D eigenvalue weighted by molar-refractivity contribution is 5.94. The van der Waals surface area contributed by atoms with Gasteiger partial charge >= 0.3 is 5.97 Å². The Labute approximate surface area is 110 Å². The smallest absolute Gasteiger partial charge is 0.338 e. The summed E-state index contributed by atoms with van der Waals surface area (Å²) < 4.78 is 13.1. The maximum atomic E-state index is 13.1. The molecule has 0 unspecified atom stereocenters. The third kappa shape index (κ3) is 4.80. The Balaban J connectivity index is 2.58. The molecule has 0 saturated heterocycles. The zero-order valence-electron chi connectivity index (χ0n) is 10.3. The Morgan fingerprint density at radius 3 is 2.74 bits per heavy atom. The van der Waals surface area contributed by atoms with Gasteiger partial charge in [0.1, 0.15) is 5.82 Å². The first-order valence-corrected chi connectivity index (χ1v) is 5.80. The number of anilines is 1. The van der Waals surface area contributed by atoms with Crippen molar-refractivity contribution in [2.45, 2.75) is 25.7 Å². The molecule has 0 aliphatic carbocycles. The lowest BCUT2D eigenvalue weighted by Crippen LogP contribution is -2.12. The molecule has 1 aromatic carbocycles. The zero-order valence-corrected chi connectivity index (χ0v) is 10.3. The largest absolute Gasteiger partial charge is 0.478 e. The standard InChI is InChI=1S/C14H14FNO3/c1-2-3-4-5-6-13(17)16-10-7-8-12(15)11(9-10)14(18)19/h1,7-9H,3-6H2,(H,16,17)(H,18,19). The molecular formula is C14H14FNO3. The molecule has 0 aromatic heterocycles. The van der Waals surface area contributed by atoms with E-state index in [-0.39, 0.29) is 11.6 Å². The lowest BCUT2D eigenvalue weighted by atomic mass is 10.1. The molecule has 1 rings (SSSR count). The van der Waals surface area contributed by atoms with Crippen molar-refractivity contribution < 1.29 is 19.1 Å². The number of unbranched alkanes of at least 4 members (excludes halogenated alkanes) is 2. The second-order valence-electron chi connectivity index (χ2n) is 3.96. The van der Waals surface area contributed by atoms with E-state index >= 15 is 0 Å². The highest BCUT2D eigenvalue weighted by Gasteiger charge is 2.11. The highest BCUT2D eigenvalue weighted by atomic mass is 19.1. The van der Waals surface area contributed by atoms with Crippen LogP contribution in [0, 0.1) is 18.2 Å². The summed E-state index contributed by atoms with van der Waals surface area (Å²) in [5.41, 5.74) is -0.203. The molecule has 0 radical (unpaired) electrons. The number of aromatic carboxylic acids is 1. The van der Waals surface area contributed by atoms with Gasteiger partial charge in [-0.15, -0.1) is 12.3 Å². The molecule has 1 aromatic rings. The van der Waals surface area contributed by atoms with Gasteiger partial charge < -0.3 is 10.4 Å². The Kier molecular flexibility index (Phi) is 5.55. The predicted octanol–water partition coefficient (Wildman–Crippen LogP) is 2.66. The van der Waals surface area contributed by atoms with Crippen LogP contribution in [0.5, 0.6) is 0 Å². The molecule has 100 valence electrons. The number of carboxylic acids is 1. The molecule has 0 aliphatic rings. The molecule has 0 spiro atoms. The van der Waals surface area contributed by atoms with Crippen LogP contribution in [-0.2, 0) is 4.79 Å². The van der Waals surface area contributed by atoms with E-state index in [1.54, 1.807) is 0 Å². The lowest BCUT2D eigenvalue weighted by Gasteiger charge is -2.06. The van der Waals surface area contributed by atoms with Crippen LogP contribution in [-0.4, -0.2) is 17.0 Å². The molecule has 0 saturated carbocycles. The minimum atomic E-state index is -1.37. The molecule has 2 N–H and O–H groups in total. The van der Waals surface area contributed by atoms with Gasteiger partial charge in [-0.05, 0) is 31.0 Å². The summed E-state index contributed by atoms with van der Waals surface area (Å²) in [6, 6.07) is 3.43. The van der Waals surface area contributed by atoms with Crippen molar-refractivity contribution in [3.8, 4) is 12.3 Å². The number of benzene rings is 1. The fourth-order valence-electron chi connectivity index (χ4n) is 1.50. The number of halogens is 1. The first-order chi connectivity index (χ1) is 9.04. The number of amides is 1. The first kappa shape index (κ1) is 14.7. The molecular weight excluding hydrogens is 249 g/mol. The van der Waals surface area contributed by atoms with Crippen LogP contribution >= 0.6 is 0 Å². The van der Waals surface area contributed by atoms with E-state index in [9.17, 15) is 14.0 Å². The monoisotopic (exact) mass is 263 g/mol. The molecule has 0 heterocycles. The maximum Gasteiger partial charge on any atom is 0.338 e. The Morgan fingerprint density at radius 2 is 2.11 bits per heavy atom. The third-order valence-corrected chi connectivity index (χ3v) is 2.46. The van der Waals surface area contributed by atoms with Crippen molar-refractivity contribution in [3.63, 3.8) is 0 Å². The van der Waals surface area contributed by atoms with Crippen LogP contribution in [0.25, 0.3) is 0 Å². The molecule has 4 nitrogen and oxygen atoms in total. The number of rotatable bonds is 6. The summed E-state index contributed by atoms with van der Waals surface area (Å²) in [7, 11) is 0. The van der Waals surface area contributed by atoms with E-state index in [0.717, 1.165) is 18.6 Å². The summed E-state index contributed by atoms with van der Waals surface area (Å²) in [5.74, 6) is 0.0223. The molecule has 0 bridgehead atoms. The van der Waals surface area contributed by atoms with Crippen LogP contribution in [0.3, 0.4) is 0 Å². The second kappa shape index (κ2) is 7.17. The van der Waals surface area contributed by atoms with E-state index in [4.69, 9.17) is 11.5 Å². The highest BCUT2D eigenvalue weighted by Crippen LogP contribution is 2.15. The molecule has 0 aliphatic heterocycles. The van der Waals surface area contributed by atoms with Crippen LogP contribution < -0.4 is 5.32 Å². The van der Waals surface area contributed by atoms with Gasteiger partial charge in [-0.2, -0.15) is 0 Å². The van der Waals surface area contributed by atoms with Crippen LogP contribution in [0.15, 0.2) is 18.2 Å². The van der Waals surface area contributed by atoms with Crippen LogP contribution in [0.1, 0.15) is 36.0 Å². The fraction of sp³-hybridized carbons (Fsp3) is 0.286. The van der Waals surface area contributed by atoms with Gasteiger partial charge in [0, 0.05) is 18.5 Å². The number of carbonyl (C=O) groups excluding carboxylic acids is 1. The number of terminal acetylenes is 1. The number of nitrogens with one attached hydrogen (secondary N) is 1. The Hall–Kier alpha value is -2.35. The summed E-state index contributed by atoms with van der Waals surface area (Å²) in [5, 5.41) is 11.3. The average Bonchev–Trinajstić information content (AvgIpc) is 2.36. The molecule has 5 heteroatoms. The van der Waals surface area contributed by atoms with Crippen LogP contribution in [0.2, 0.25) is 0 Å². The average molecular weight is 263 g/mol. The third-order valence-electron chi connectivity index (χ3n) is 2.46. The van der Waals surface area contributed by atoms with Gasteiger partial charge in [-0.25, -0.2) is 9.18 Å².